The van der Waals surface area contributed by atoms with Gasteiger partial charge in [-0.05, 0) is 71.5 Å². The molecule has 2 aliphatic heterocycles. The molecule has 0 bridgehead atoms. The third-order valence-corrected chi connectivity index (χ3v) is 6.38. The van der Waals surface area contributed by atoms with Crippen LogP contribution < -0.4 is 10.6 Å². The van der Waals surface area contributed by atoms with Crippen molar-refractivity contribution in [3.05, 3.63) is 22.4 Å². The fourth-order valence-electron chi connectivity index (χ4n) is 4.06. The van der Waals surface area contributed by atoms with Gasteiger partial charge < -0.3 is 20.3 Å². The number of ether oxygens (including phenoxy) is 1. The summed E-state index contributed by atoms with van der Waals surface area (Å²) in [5.74, 6) is 0.937. The van der Waals surface area contributed by atoms with E-state index in [2.05, 4.69) is 44.9 Å². The molecule has 0 spiro atoms. The second kappa shape index (κ2) is 12.2. The van der Waals surface area contributed by atoms with Crippen LogP contribution in [0.2, 0.25) is 0 Å². The molecule has 0 saturated carbocycles. The number of halogens is 1. The number of guanidine groups is 1. The maximum Gasteiger partial charge on any atom is 0.407 e. The van der Waals surface area contributed by atoms with E-state index in [1.807, 2.05) is 32.1 Å². The number of aliphatic imine (C=N–C) groups is 1. The predicted molar refractivity (Wildman–Crippen MR) is 139 cm³/mol. The van der Waals surface area contributed by atoms with Crippen molar-refractivity contribution in [3.63, 3.8) is 0 Å². The van der Waals surface area contributed by atoms with Crippen LogP contribution in [0.1, 0.15) is 57.9 Å². The number of carbonyl (C=O) groups excluding carboxylic acids is 1. The second-order valence-electron chi connectivity index (χ2n) is 9.05. The molecular weight excluding hydrogens is 525 g/mol. The first-order chi connectivity index (χ1) is 14.4. The number of nitrogens with zero attached hydrogens (tertiary/aromatic N) is 3. The Balaban J connectivity index is 0.00000341. The highest BCUT2D eigenvalue weighted by atomic mass is 127. The third-order valence-electron chi connectivity index (χ3n) is 5.41. The largest absolute Gasteiger partial charge is 0.444 e. The molecule has 3 rings (SSSR count). The molecule has 1 amide bonds. The van der Waals surface area contributed by atoms with Gasteiger partial charge in [-0.2, -0.15) is 0 Å². The van der Waals surface area contributed by atoms with Gasteiger partial charge >= 0.3 is 6.09 Å². The number of likely N-dealkylation sites (tertiary alicyclic amines) is 2. The number of thiophene rings is 1. The van der Waals surface area contributed by atoms with E-state index in [0.29, 0.717) is 6.04 Å². The van der Waals surface area contributed by atoms with Gasteiger partial charge in [0.05, 0.1) is 18.6 Å². The minimum atomic E-state index is -0.481. The molecule has 176 valence electrons. The van der Waals surface area contributed by atoms with E-state index in [9.17, 15) is 4.79 Å². The van der Waals surface area contributed by atoms with Gasteiger partial charge in [0, 0.05) is 24.5 Å². The Hall–Kier alpha value is -1.07. The lowest BCUT2D eigenvalue weighted by atomic mass is 10.2. The van der Waals surface area contributed by atoms with Crippen molar-refractivity contribution in [3.8, 4) is 0 Å². The molecule has 2 unspecified atom stereocenters. The molecule has 1 aromatic heterocycles. The van der Waals surface area contributed by atoms with Gasteiger partial charge in [-0.25, -0.2) is 4.79 Å². The summed E-state index contributed by atoms with van der Waals surface area (Å²) < 4.78 is 5.40. The van der Waals surface area contributed by atoms with Gasteiger partial charge in [0.25, 0.3) is 0 Å². The Kier molecular flexibility index (Phi) is 10.3. The van der Waals surface area contributed by atoms with Crippen LogP contribution in [-0.4, -0.2) is 72.8 Å². The van der Waals surface area contributed by atoms with Crippen molar-refractivity contribution in [2.75, 3.05) is 39.3 Å². The van der Waals surface area contributed by atoms with E-state index >= 15 is 0 Å². The Morgan fingerprint density at radius 3 is 2.68 bits per heavy atom. The van der Waals surface area contributed by atoms with Crippen molar-refractivity contribution in [2.24, 2.45) is 4.99 Å². The van der Waals surface area contributed by atoms with Gasteiger partial charge in [0.15, 0.2) is 5.96 Å². The Morgan fingerprint density at radius 1 is 1.32 bits per heavy atom. The van der Waals surface area contributed by atoms with Crippen LogP contribution in [0.25, 0.3) is 0 Å². The number of hydrogen-bond acceptors (Lipinski definition) is 5. The smallest absolute Gasteiger partial charge is 0.407 e. The molecule has 0 radical (unpaired) electrons. The zero-order valence-electron chi connectivity index (χ0n) is 19.2. The number of rotatable bonds is 6. The molecule has 0 aromatic carbocycles. The van der Waals surface area contributed by atoms with Crippen LogP contribution in [0, 0.1) is 0 Å². The topological polar surface area (TPSA) is 69.2 Å². The summed E-state index contributed by atoms with van der Waals surface area (Å²) in [6.07, 6.45) is 3.10. The summed E-state index contributed by atoms with van der Waals surface area (Å²) in [4.78, 5) is 23.3. The van der Waals surface area contributed by atoms with Crippen LogP contribution in [-0.2, 0) is 4.74 Å². The first-order valence-electron chi connectivity index (χ1n) is 11.2. The number of amides is 1. The maximum absolute atomic E-state index is 12.1. The van der Waals surface area contributed by atoms with Crippen LogP contribution >= 0.6 is 35.3 Å². The average Bonchev–Trinajstić information content (AvgIpc) is 3.42. The van der Waals surface area contributed by atoms with E-state index in [1.165, 1.54) is 17.7 Å². The predicted octanol–water partition coefficient (Wildman–Crippen LogP) is 4.07. The Morgan fingerprint density at radius 2 is 2.06 bits per heavy atom. The van der Waals surface area contributed by atoms with Gasteiger partial charge in [0.1, 0.15) is 5.60 Å². The molecule has 31 heavy (non-hydrogen) atoms. The van der Waals surface area contributed by atoms with Crippen molar-refractivity contribution < 1.29 is 9.53 Å². The average molecular weight is 564 g/mol. The lowest BCUT2D eigenvalue weighted by molar-refractivity contribution is 0.0507. The van der Waals surface area contributed by atoms with E-state index in [-0.39, 0.29) is 36.1 Å². The molecule has 2 N–H and O–H groups in total. The summed E-state index contributed by atoms with van der Waals surface area (Å²) in [6.45, 7) is 13.3. The second-order valence-corrected chi connectivity index (χ2v) is 10.0. The zero-order valence-corrected chi connectivity index (χ0v) is 22.4. The summed E-state index contributed by atoms with van der Waals surface area (Å²) in [5.41, 5.74) is -0.481. The van der Waals surface area contributed by atoms with E-state index in [1.54, 1.807) is 0 Å². The van der Waals surface area contributed by atoms with Crippen molar-refractivity contribution in [2.45, 2.75) is 64.6 Å². The monoisotopic (exact) mass is 563 g/mol. The summed E-state index contributed by atoms with van der Waals surface area (Å²) in [6, 6.07) is 4.79. The molecule has 3 heterocycles. The SMILES string of the molecule is CCNC(=NCC(c1cccs1)N1CCCC1)N1CCC(NC(=O)OC(C)(C)C)C1.I. The zero-order chi connectivity index (χ0) is 21.6. The number of hydrogen-bond donors (Lipinski definition) is 2. The molecule has 9 heteroatoms. The van der Waals surface area contributed by atoms with Crippen LogP contribution in [0.4, 0.5) is 4.79 Å². The highest BCUT2D eigenvalue weighted by Crippen LogP contribution is 2.28. The number of alkyl carbamates (subject to hydrolysis) is 1. The molecule has 2 aliphatic rings. The fourth-order valence-corrected chi connectivity index (χ4v) is 4.92. The third kappa shape index (κ3) is 8.09. The lowest BCUT2D eigenvalue weighted by Crippen LogP contribution is -2.44. The van der Waals surface area contributed by atoms with E-state index < -0.39 is 5.60 Å². The standard InChI is InChI=1S/C22H37N5O2S.HI/c1-5-23-20(27-13-10-17(16-27)25-21(28)29-22(2,3)4)24-15-18(19-9-8-14-30-19)26-11-6-7-12-26;/h8-9,14,17-18H,5-7,10-13,15-16H2,1-4H3,(H,23,24)(H,25,28);1H. The van der Waals surface area contributed by atoms with Gasteiger partial charge in [-0.1, -0.05) is 6.07 Å². The Labute approximate surface area is 208 Å². The first-order valence-corrected chi connectivity index (χ1v) is 12.0. The van der Waals surface area contributed by atoms with Crippen LogP contribution in [0.3, 0.4) is 0 Å². The Bertz CT molecular complexity index is 701. The number of nitrogens with one attached hydrogen (secondary N) is 2. The summed E-state index contributed by atoms with van der Waals surface area (Å²) in [7, 11) is 0. The molecule has 0 aliphatic carbocycles. The van der Waals surface area contributed by atoms with Gasteiger partial charge in [-0.15, -0.1) is 35.3 Å². The van der Waals surface area contributed by atoms with E-state index in [0.717, 1.165) is 51.6 Å². The quantitative estimate of drug-likeness (QED) is 0.311. The molecule has 2 fully saturated rings. The summed E-state index contributed by atoms with van der Waals surface area (Å²) >= 11 is 1.82. The van der Waals surface area contributed by atoms with Crippen molar-refractivity contribution >= 4 is 47.4 Å². The normalized spacial score (nSPS) is 21.0. The highest BCUT2D eigenvalue weighted by Gasteiger charge is 2.29. The van der Waals surface area contributed by atoms with Gasteiger partial charge in [-0.3, -0.25) is 9.89 Å². The molecule has 2 saturated heterocycles. The van der Waals surface area contributed by atoms with Crippen molar-refractivity contribution in [1.29, 1.82) is 0 Å². The lowest BCUT2D eigenvalue weighted by Gasteiger charge is -2.27. The molecule has 7 nitrogen and oxygen atoms in total. The fraction of sp³-hybridized carbons (Fsp3) is 0.727. The minimum Gasteiger partial charge on any atom is -0.444 e. The number of carbonyl (C=O) groups is 1. The molecule has 1 aromatic rings. The molecule has 2 atom stereocenters. The van der Waals surface area contributed by atoms with Crippen LogP contribution in [0.15, 0.2) is 22.5 Å². The van der Waals surface area contributed by atoms with Gasteiger partial charge in [0.2, 0.25) is 0 Å². The minimum absolute atomic E-state index is 0. The maximum atomic E-state index is 12.1. The van der Waals surface area contributed by atoms with E-state index in [4.69, 9.17) is 9.73 Å². The highest BCUT2D eigenvalue weighted by molar-refractivity contribution is 14.0. The molecular formula is C22H38IN5O2S. The van der Waals surface area contributed by atoms with Crippen LogP contribution in [0.5, 0.6) is 0 Å². The summed E-state index contributed by atoms with van der Waals surface area (Å²) in [5, 5.41) is 8.60. The van der Waals surface area contributed by atoms with Crippen molar-refractivity contribution in [1.82, 2.24) is 20.4 Å². The first kappa shape index (κ1) is 26.2.